The second-order valence-electron chi connectivity index (χ2n) is 5.29. The van der Waals surface area contributed by atoms with E-state index < -0.39 is 0 Å². The zero-order valence-corrected chi connectivity index (χ0v) is 13.4. The molecule has 114 valence electrons. The summed E-state index contributed by atoms with van der Waals surface area (Å²) in [6.45, 7) is 2.61. The molecule has 0 saturated carbocycles. The lowest BCUT2D eigenvalue weighted by Gasteiger charge is -2.04. The number of nitrogens with zero attached hydrogens (tertiary/aromatic N) is 2. The average molecular weight is 321 g/mol. The van der Waals surface area contributed by atoms with Gasteiger partial charge in [-0.05, 0) is 43.3 Å². The number of pyridine rings is 1. The van der Waals surface area contributed by atoms with Crippen LogP contribution in [-0.2, 0) is 6.54 Å². The van der Waals surface area contributed by atoms with Crippen LogP contribution in [0, 0.1) is 6.92 Å². The first-order chi connectivity index (χ1) is 11.3. The van der Waals surface area contributed by atoms with Crippen molar-refractivity contribution in [3.8, 4) is 10.8 Å². The van der Waals surface area contributed by atoms with E-state index in [9.17, 15) is 0 Å². The van der Waals surface area contributed by atoms with Gasteiger partial charge in [-0.25, -0.2) is 4.98 Å². The van der Waals surface area contributed by atoms with Crippen LogP contribution in [0.5, 0.6) is 0 Å². The van der Waals surface area contributed by atoms with Crippen molar-refractivity contribution in [3.63, 3.8) is 0 Å². The fourth-order valence-electron chi connectivity index (χ4n) is 2.41. The van der Waals surface area contributed by atoms with E-state index >= 15 is 0 Å². The molecule has 0 fully saturated rings. The van der Waals surface area contributed by atoms with Crippen LogP contribution in [0.2, 0.25) is 0 Å². The Morgan fingerprint density at radius 2 is 2.04 bits per heavy atom. The molecule has 4 nitrogen and oxygen atoms in total. The molecule has 0 bridgehead atoms. The van der Waals surface area contributed by atoms with Gasteiger partial charge in [0.05, 0.1) is 16.8 Å². The molecule has 0 aliphatic heterocycles. The summed E-state index contributed by atoms with van der Waals surface area (Å²) in [6, 6.07) is 16.1. The Morgan fingerprint density at radius 1 is 1.13 bits per heavy atom. The van der Waals surface area contributed by atoms with Crippen molar-refractivity contribution < 1.29 is 4.42 Å². The molecule has 4 rings (SSSR count). The summed E-state index contributed by atoms with van der Waals surface area (Å²) in [5, 5.41) is 4.26. The minimum atomic E-state index is 0.633. The molecule has 3 aromatic heterocycles. The first-order valence-electron chi connectivity index (χ1n) is 7.39. The van der Waals surface area contributed by atoms with Gasteiger partial charge in [-0.15, -0.1) is 11.3 Å². The minimum Gasteiger partial charge on any atom is -0.457 e. The molecule has 0 unspecified atom stereocenters. The average Bonchev–Trinajstić information content (AvgIpc) is 3.19. The summed E-state index contributed by atoms with van der Waals surface area (Å²) < 4.78 is 7.09. The lowest BCUT2D eigenvalue weighted by atomic mass is 10.3. The Morgan fingerprint density at radius 3 is 2.91 bits per heavy atom. The van der Waals surface area contributed by atoms with E-state index in [0.29, 0.717) is 6.54 Å². The molecule has 0 atom stereocenters. The number of benzene rings is 1. The van der Waals surface area contributed by atoms with Crippen LogP contribution in [0.15, 0.2) is 59.1 Å². The standard InChI is InChI=1S/C18H15N3OS/c1-12-10-13(8-9-19-12)20-11-14-6-7-16(22-14)18-21-15-4-2-3-5-17(15)23-18/h2-10H,11H2,1H3,(H,19,20). The molecule has 0 saturated heterocycles. The van der Waals surface area contributed by atoms with E-state index in [-0.39, 0.29) is 0 Å². The monoisotopic (exact) mass is 321 g/mol. The molecule has 0 radical (unpaired) electrons. The van der Waals surface area contributed by atoms with Crippen LogP contribution < -0.4 is 5.32 Å². The quantitative estimate of drug-likeness (QED) is 0.582. The van der Waals surface area contributed by atoms with E-state index in [1.54, 1.807) is 17.5 Å². The fourth-order valence-corrected chi connectivity index (χ4v) is 3.34. The maximum atomic E-state index is 5.92. The zero-order valence-electron chi connectivity index (χ0n) is 12.6. The molecule has 1 N–H and O–H groups in total. The second kappa shape index (κ2) is 5.85. The van der Waals surface area contributed by atoms with Crippen LogP contribution in [0.25, 0.3) is 21.0 Å². The number of nitrogens with one attached hydrogen (secondary N) is 1. The van der Waals surface area contributed by atoms with Gasteiger partial charge in [0.25, 0.3) is 0 Å². The fraction of sp³-hybridized carbons (Fsp3) is 0.111. The van der Waals surface area contributed by atoms with Crippen molar-refractivity contribution in [2.24, 2.45) is 0 Å². The van der Waals surface area contributed by atoms with E-state index in [4.69, 9.17) is 4.42 Å². The van der Waals surface area contributed by atoms with Gasteiger partial charge in [0, 0.05) is 17.6 Å². The number of thiazole rings is 1. The number of para-hydroxylation sites is 1. The highest BCUT2D eigenvalue weighted by atomic mass is 32.1. The third-order valence-corrected chi connectivity index (χ3v) is 4.58. The van der Waals surface area contributed by atoms with Crippen LogP contribution in [0.4, 0.5) is 5.69 Å². The number of anilines is 1. The summed E-state index contributed by atoms with van der Waals surface area (Å²) in [6.07, 6.45) is 1.80. The molecule has 23 heavy (non-hydrogen) atoms. The number of aryl methyl sites for hydroxylation is 1. The van der Waals surface area contributed by atoms with Crippen LogP contribution >= 0.6 is 11.3 Å². The molecule has 0 spiro atoms. The summed E-state index contributed by atoms with van der Waals surface area (Å²) >= 11 is 1.65. The van der Waals surface area contributed by atoms with Crippen molar-refractivity contribution in [2.45, 2.75) is 13.5 Å². The predicted molar refractivity (Wildman–Crippen MR) is 93.6 cm³/mol. The van der Waals surface area contributed by atoms with Gasteiger partial charge in [-0.3, -0.25) is 4.98 Å². The Labute approximate surface area is 137 Å². The highest BCUT2D eigenvalue weighted by Gasteiger charge is 2.10. The van der Waals surface area contributed by atoms with E-state index in [1.807, 2.05) is 49.4 Å². The Kier molecular flexibility index (Phi) is 3.55. The lowest BCUT2D eigenvalue weighted by molar-refractivity contribution is 0.531. The SMILES string of the molecule is Cc1cc(NCc2ccc(-c3nc4ccccc4s3)o2)ccn1. The Bertz CT molecular complexity index is 924. The summed E-state index contributed by atoms with van der Waals surface area (Å²) in [5.74, 6) is 1.70. The molecule has 1 aromatic carbocycles. The third-order valence-electron chi connectivity index (χ3n) is 3.53. The molecule has 4 aromatic rings. The highest BCUT2D eigenvalue weighted by Crippen LogP contribution is 2.31. The van der Waals surface area contributed by atoms with E-state index in [2.05, 4.69) is 21.4 Å². The van der Waals surface area contributed by atoms with Gasteiger partial charge in [0.15, 0.2) is 10.8 Å². The summed E-state index contributed by atoms with van der Waals surface area (Å²) in [4.78, 5) is 8.81. The van der Waals surface area contributed by atoms with Crippen molar-refractivity contribution >= 4 is 27.2 Å². The molecular weight excluding hydrogens is 306 g/mol. The van der Waals surface area contributed by atoms with Gasteiger partial charge in [-0.2, -0.15) is 0 Å². The van der Waals surface area contributed by atoms with Crippen LogP contribution in [-0.4, -0.2) is 9.97 Å². The molecule has 0 aliphatic carbocycles. The Hall–Kier alpha value is -2.66. The smallest absolute Gasteiger partial charge is 0.163 e. The maximum absolute atomic E-state index is 5.92. The molecular formula is C18H15N3OS. The number of furan rings is 1. The first kappa shape index (κ1) is 14.0. The van der Waals surface area contributed by atoms with Crippen molar-refractivity contribution in [2.75, 3.05) is 5.32 Å². The largest absolute Gasteiger partial charge is 0.457 e. The minimum absolute atomic E-state index is 0.633. The zero-order chi connectivity index (χ0) is 15.6. The van der Waals surface area contributed by atoms with Crippen LogP contribution in [0.3, 0.4) is 0 Å². The molecule has 0 amide bonds. The van der Waals surface area contributed by atoms with E-state index in [1.165, 1.54) is 4.70 Å². The Balaban J connectivity index is 1.52. The summed E-state index contributed by atoms with van der Waals surface area (Å²) in [7, 11) is 0. The van der Waals surface area contributed by atoms with Crippen molar-refractivity contribution in [1.29, 1.82) is 0 Å². The number of hydrogen-bond acceptors (Lipinski definition) is 5. The second-order valence-corrected chi connectivity index (χ2v) is 6.32. The van der Waals surface area contributed by atoms with Gasteiger partial charge >= 0.3 is 0 Å². The topological polar surface area (TPSA) is 51.0 Å². The number of hydrogen-bond donors (Lipinski definition) is 1. The number of aromatic nitrogens is 2. The van der Waals surface area contributed by atoms with Gasteiger partial charge in [-0.1, -0.05) is 12.1 Å². The van der Waals surface area contributed by atoms with E-state index in [0.717, 1.165) is 33.4 Å². The molecule has 5 heteroatoms. The molecule has 0 aliphatic rings. The van der Waals surface area contributed by atoms with Gasteiger partial charge in [0.2, 0.25) is 0 Å². The van der Waals surface area contributed by atoms with Crippen LogP contribution in [0.1, 0.15) is 11.5 Å². The van der Waals surface area contributed by atoms with Crippen molar-refractivity contribution in [3.05, 3.63) is 66.2 Å². The predicted octanol–water partition coefficient (Wildman–Crippen LogP) is 4.87. The summed E-state index contributed by atoms with van der Waals surface area (Å²) in [5.41, 5.74) is 3.04. The number of fused-ring (bicyclic) bond motifs is 1. The number of rotatable bonds is 4. The van der Waals surface area contributed by atoms with Gasteiger partial charge < -0.3 is 9.73 Å². The van der Waals surface area contributed by atoms with Gasteiger partial charge in [0.1, 0.15) is 5.76 Å². The van der Waals surface area contributed by atoms with Crippen molar-refractivity contribution in [1.82, 2.24) is 9.97 Å². The third kappa shape index (κ3) is 2.96. The lowest BCUT2D eigenvalue weighted by Crippen LogP contribution is -1.98. The maximum Gasteiger partial charge on any atom is 0.163 e. The molecule has 3 heterocycles. The first-order valence-corrected chi connectivity index (χ1v) is 8.21. The normalized spacial score (nSPS) is 11.0. The highest BCUT2D eigenvalue weighted by molar-refractivity contribution is 7.21.